The number of carbonyl (C=O) groups is 1. The smallest absolute Gasteiger partial charge is 0.359 e. The van der Waals surface area contributed by atoms with Crippen LogP contribution in [0.3, 0.4) is 0 Å². The molecule has 94 valence electrons. The van der Waals surface area contributed by atoms with Gasteiger partial charge in [0, 0.05) is 12.6 Å². The van der Waals surface area contributed by atoms with Crippen LogP contribution >= 0.6 is 11.5 Å². The molecule has 0 aliphatic heterocycles. The highest BCUT2D eigenvalue weighted by Gasteiger charge is 2.09. The summed E-state index contributed by atoms with van der Waals surface area (Å²) in [6.45, 7) is 0. The van der Waals surface area contributed by atoms with E-state index in [1.54, 1.807) is 38.4 Å². The molecule has 0 radical (unpaired) electrons. The topological polar surface area (TPSA) is 73.2 Å². The fraction of sp³-hybridized carbons (Fsp3) is 0.182. The standard InChI is InChI=1S/C11H11N3O3S/c1-14-11(16)13-10(18-14)12-9(15)7-3-5-8(17-2)6-4-7/h3-6H,1-2H3,(H,12,13,15,16). The molecule has 0 aliphatic carbocycles. The van der Waals surface area contributed by atoms with Crippen LogP contribution in [0, 0.1) is 0 Å². The monoisotopic (exact) mass is 265 g/mol. The summed E-state index contributed by atoms with van der Waals surface area (Å²) in [4.78, 5) is 26.7. The summed E-state index contributed by atoms with van der Waals surface area (Å²) in [7, 11) is 3.14. The number of rotatable bonds is 3. The summed E-state index contributed by atoms with van der Waals surface area (Å²) in [5.74, 6) is 0.362. The number of methoxy groups -OCH3 is 1. The van der Waals surface area contributed by atoms with Crippen molar-refractivity contribution in [2.75, 3.05) is 12.4 Å². The van der Waals surface area contributed by atoms with Gasteiger partial charge in [-0.3, -0.25) is 10.1 Å². The molecule has 0 fully saturated rings. The number of aromatic nitrogens is 2. The summed E-state index contributed by atoms with van der Waals surface area (Å²) in [5, 5.41) is 2.85. The molecule has 0 saturated carbocycles. The zero-order valence-electron chi connectivity index (χ0n) is 9.84. The van der Waals surface area contributed by atoms with Crippen LogP contribution in [-0.4, -0.2) is 22.0 Å². The molecule has 1 amide bonds. The van der Waals surface area contributed by atoms with Crippen molar-refractivity contribution in [1.29, 1.82) is 0 Å². The van der Waals surface area contributed by atoms with Crippen LogP contribution in [0.4, 0.5) is 5.13 Å². The number of nitrogens with one attached hydrogen (secondary N) is 1. The zero-order chi connectivity index (χ0) is 13.1. The lowest BCUT2D eigenvalue weighted by Crippen LogP contribution is -2.14. The number of carbonyl (C=O) groups excluding carboxylic acids is 1. The van der Waals surface area contributed by atoms with Crippen LogP contribution < -0.4 is 15.7 Å². The molecule has 1 aromatic heterocycles. The SMILES string of the molecule is COc1ccc(C(=O)Nc2nc(=O)n(C)s2)cc1. The number of anilines is 1. The van der Waals surface area contributed by atoms with Gasteiger partial charge in [0.05, 0.1) is 7.11 Å². The average Bonchev–Trinajstić information content (AvgIpc) is 2.68. The van der Waals surface area contributed by atoms with Crippen molar-refractivity contribution >= 4 is 22.6 Å². The highest BCUT2D eigenvalue weighted by molar-refractivity contribution is 7.10. The van der Waals surface area contributed by atoms with Gasteiger partial charge in [-0.25, -0.2) is 8.75 Å². The van der Waals surface area contributed by atoms with E-state index in [1.165, 1.54) is 3.96 Å². The predicted molar refractivity (Wildman–Crippen MR) is 68.3 cm³/mol. The second-order valence-corrected chi connectivity index (χ2v) is 4.59. The molecule has 1 N–H and O–H groups in total. The van der Waals surface area contributed by atoms with Crippen molar-refractivity contribution in [1.82, 2.24) is 8.94 Å². The van der Waals surface area contributed by atoms with Gasteiger partial charge >= 0.3 is 5.69 Å². The molecule has 0 aliphatic rings. The van der Waals surface area contributed by atoms with E-state index in [-0.39, 0.29) is 16.7 Å². The first kappa shape index (κ1) is 12.3. The number of hydrogen-bond acceptors (Lipinski definition) is 5. The van der Waals surface area contributed by atoms with Crippen molar-refractivity contribution in [2.24, 2.45) is 7.05 Å². The molecule has 0 unspecified atom stereocenters. The first-order valence-electron chi connectivity index (χ1n) is 5.10. The van der Waals surface area contributed by atoms with Gasteiger partial charge < -0.3 is 4.74 Å². The number of amides is 1. The third kappa shape index (κ3) is 2.57. The van der Waals surface area contributed by atoms with Crippen LogP contribution in [-0.2, 0) is 7.05 Å². The zero-order valence-corrected chi connectivity index (χ0v) is 10.7. The number of aryl methyl sites for hydroxylation is 1. The van der Waals surface area contributed by atoms with Gasteiger partial charge in [0.25, 0.3) is 5.91 Å². The van der Waals surface area contributed by atoms with Gasteiger partial charge in [0.15, 0.2) is 0 Å². The maximum atomic E-state index is 11.8. The van der Waals surface area contributed by atoms with Crippen LogP contribution in [0.1, 0.15) is 10.4 Å². The molecule has 0 atom stereocenters. The Morgan fingerprint density at radius 3 is 2.56 bits per heavy atom. The van der Waals surface area contributed by atoms with Crippen LogP contribution in [0.2, 0.25) is 0 Å². The average molecular weight is 265 g/mol. The second-order valence-electron chi connectivity index (χ2n) is 3.47. The Labute approximate surface area is 107 Å². The largest absolute Gasteiger partial charge is 0.497 e. The van der Waals surface area contributed by atoms with Gasteiger partial charge in [-0.2, -0.15) is 4.98 Å². The van der Waals surface area contributed by atoms with E-state index < -0.39 is 0 Å². The minimum absolute atomic E-state index is 0.281. The first-order valence-corrected chi connectivity index (χ1v) is 5.87. The van der Waals surface area contributed by atoms with Gasteiger partial charge in [-0.05, 0) is 35.8 Å². The van der Waals surface area contributed by atoms with E-state index in [2.05, 4.69) is 10.3 Å². The Balaban J connectivity index is 2.13. The Morgan fingerprint density at radius 1 is 1.39 bits per heavy atom. The minimum atomic E-state index is -0.384. The number of hydrogen-bond donors (Lipinski definition) is 1. The predicted octanol–water partition coefficient (Wildman–Crippen LogP) is 1.10. The lowest BCUT2D eigenvalue weighted by Gasteiger charge is -2.02. The van der Waals surface area contributed by atoms with Gasteiger partial charge in [-0.1, -0.05) is 0 Å². The number of ether oxygens (including phenoxy) is 1. The maximum Gasteiger partial charge on any atom is 0.359 e. The van der Waals surface area contributed by atoms with Crippen LogP contribution in [0.25, 0.3) is 0 Å². The van der Waals surface area contributed by atoms with Crippen molar-refractivity contribution in [3.63, 3.8) is 0 Å². The molecule has 0 spiro atoms. The summed E-state index contributed by atoms with van der Waals surface area (Å²) >= 11 is 1.08. The van der Waals surface area contributed by atoms with Crippen LogP contribution in [0.5, 0.6) is 5.75 Å². The van der Waals surface area contributed by atoms with Crippen molar-refractivity contribution in [2.45, 2.75) is 0 Å². The normalized spacial score (nSPS) is 10.1. The Morgan fingerprint density at radius 2 is 2.06 bits per heavy atom. The lowest BCUT2D eigenvalue weighted by atomic mass is 10.2. The third-order valence-corrected chi connectivity index (χ3v) is 3.06. The van der Waals surface area contributed by atoms with E-state index in [4.69, 9.17) is 4.74 Å². The van der Waals surface area contributed by atoms with Gasteiger partial charge in [0.1, 0.15) is 5.75 Å². The van der Waals surface area contributed by atoms with E-state index in [9.17, 15) is 9.59 Å². The Hall–Kier alpha value is -2.15. The van der Waals surface area contributed by atoms with Gasteiger partial charge in [0.2, 0.25) is 5.13 Å². The van der Waals surface area contributed by atoms with Crippen molar-refractivity contribution in [3.8, 4) is 5.75 Å². The van der Waals surface area contributed by atoms with Crippen molar-refractivity contribution in [3.05, 3.63) is 40.3 Å². The molecule has 7 heteroatoms. The second kappa shape index (κ2) is 5.01. The Bertz CT molecular complexity index is 615. The summed E-state index contributed by atoms with van der Waals surface area (Å²) < 4.78 is 6.34. The molecule has 1 aromatic carbocycles. The van der Waals surface area contributed by atoms with Crippen LogP contribution in [0.15, 0.2) is 29.1 Å². The lowest BCUT2D eigenvalue weighted by molar-refractivity contribution is 0.102. The summed E-state index contributed by atoms with van der Waals surface area (Å²) in [6.07, 6.45) is 0. The molecule has 2 rings (SSSR count). The summed E-state index contributed by atoms with van der Waals surface area (Å²) in [5.41, 5.74) is 0.0890. The molecule has 18 heavy (non-hydrogen) atoms. The molecule has 1 heterocycles. The molecular formula is C11H11N3O3S. The Kier molecular flexibility index (Phi) is 3.42. The third-order valence-electron chi connectivity index (χ3n) is 2.26. The van der Waals surface area contributed by atoms with E-state index in [0.29, 0.717) is 11.3 Å². The van der Waals surface area contributed by atoms with Crippen molar-refractivity contribution < 1.29 is 9.53 Å². The first-order chi connectivity index (χ1) is 8.60. The quantitative estimate of drug-likeness (QED) is 0.902. The molecular weight excluding hydrogens is 254 g/mol. The highest BCUT2D eigenvalue weighted by Crippen LogP contribution is 2.13. The molecule has 0 saturated heterocycles. The van der Waals surface area contributed by atoms with E-state index in [1.807, 2.05) is 0 Å². The fourth-order valence-corrected chi connectivity index (χ4v) is 1.94. The highest BCUT2D eigenvalue weighted by atomic mass is 32.1. The number of benzene rings is 1. The molecule has 0 bridgehead atoms. The van der Waals surface area contributed by atoms with E-state index in [0.717, 1.165) is 11.5 Å². The molecule has 2 aromatic rings. The van der Waals surface area contributed by atoms with E-state index >= 15 is 0 Å². The molecule has 6 nitrogen and oxygen atoms in total. The maximum absolute atomic E-state index is 11.8. The fourth-order valence-electron chi connectivity index (χ4n) is 1.31. The number of nitrogens with zero attached hydrogens (tertiary/aromatic N) is 2. The minimum Gasteiger partial charge on any atom is -0.497 e. The van der Waals surface area contributed by atoms with Gasteiger partial charge in [-0.15, -0.1) is 0 Å². The summed E-state index contributed by atoms with van der Waals surface area (Å²) in [6, 6.07) is 6.66.